The average Bonchev–Trinajstić information content (AvgIpc) is 3.28. The van der Waals surface area contributed by atoms with E-state index in [0.29, 0.717) is 30.2 Å². The van der Waals surface area contributed by atoms with Crippen LogP contribution in [0.2, 0.25) is 19.6 Å². The van der Waals surface area contributed by atoms with Gasteiger partial charge in [-0.3, -0.25) is 14.4 Å². The zero-order chi connectivity index (χ0) is 26.3. The quantitative estimate of drug-likeness (QED) is 0.301. The minimum atomic E-state index is -1.48. The third-order valence-corrected chi connectivity index (χ3v) is 7.73. The van der Waals surface area contributed by atoms with Crippen molar-refractivity contribution >= 4 is 30.8 Å². The highest BCUT2D eigenvalue weighted by molar-refractivity contribution is 6.88. The molecule has 2 amide bonds. The molecule has 1 aromatic heterocycles. The summed E-state index contributed by atoms with van der Waals surface area (Å²) in [7, 11) is 1.64. The highest BCUT2D eigenvalue weighted by Crippen LogP contribution is 2.26. The smallest absolute Gasteiger partial charge is 0.293 e. The Kier molecular flexibility index (Phi) is 8.89. The lowest BCUT2D eigenvalue weighted by atomic mass is 10.0. The van der Waals surface area contributed by atoms with Crippen LogP contribution in [0.3, 0.4) is 0 Å². The zero-order valence-electron chi connectivity index (χ0n) is 21.3. The second-order valence-corrected chi connectivity index (χ2v) is 14.6. The maximum atomic E-state index is 13.5. The van der Waals surface area contributed by atoms with Crippen molar-refractivity contribution < 1.29 is 23.6 Å². The Balaban J connectivity index is 1.84. The molecule has 0 aliphatic rings. The van der Waals surface area contributed by atoms with Crippen molar-refractivity contribution in [1.82, 2.24) is 10.1 Å². The van der Waals surface area contributed by atoms with Gasteiger partial charge in [-0.15, -0.1) is 0 Å². The number of hydrogen-bond acceptors (Lipinski definition) is 6. The SMILES string of the molecule is COCCCOc1ccc(C(C(=O)Nc2ccc([Si](C)(C)C)cc2)N(C)C(=O)c2cc(=O)[nH]o2)cc1. The van der Waals surface area contributed by atoms with Crippen LogP contribution < -0.4 is 20.8 Å². The molecule has 0 spiro atoms. The minimum Gasteiger partial charge on any atom is -0.494 e. The van der Waals surface area contributed by atoms with Gasteiger partial charge in [0.1, 0.15) is 11.8 Å². The summed E-state index contributed by atoms with van der Waals surface area (Å²) in [5.41, 5.74) is 0.661. The fourth-order valence-corrected chi connectivity index (χ4v) is 4.80. The van der Waals surface area contributed by atoms with E-state index in [0.717, 1.165) is 12.5 Å². The summed E-state index contributed by atoms with van der Waals surface area (Å²) < 4.78 is 15.7. The van der Waals surface area contributed by atoms with Crippen LogP contribution in [0, 0.1) is 0 Å². The number of aromatic nitrogens is 1. The van der Waals surface area contributed by atoms with Crippen molar-refractivity contribution in [2.75, 3.05) is 32.7 Å². The van der Waals surface area contributed by atoms with Crippen LogP contribution in [-0.2, 0) is 9.53 Å². The number of methoxy groups -OCH3 is 1. The van der Waals surface area contributed by atoms with E-state index in [1.807, 2.05) is 24.3 Å². The molecule has 1 atom stereocenters. The summed E-state index contributed by atoms with van der Waals surface area (Å²) in [6, 6.07) is 14.8. The number of aromatic amines is 1. The van der Waals surface area contributed by atoms with Crippen LogP contribution in [0.5, 0.6) is 5.75 Å². The topological polar surface area (TPSA) is 114 Å². The molecule has 3 aromatic rings. The number of hydrogen-bond donors (Lipinski definition) is 2. The Labute approximate surface area is 211 Å². The normalized spacial score (nSPS) is 12.1. The first-order valence-electron chi connectivity index (χ1n) is 11.7. The average molecular weight is 512 g/mol. The number of H-pyrrole nitrogens is 1. The van der Waals surface area contributed by atoms with Crippen LogP contribution in [0.25, 0.3) is 0 Å². The van der Waals surface area contributed by atoms with Gasteiger partial charge in [0.2, 0.25) is 5.76 Å². The number of nitrogens with one attached hydrogen (secondary N) is 2. The van der Waals surface area contributed by atoms with E-state index in [-0.39, 0.29) is 5.76 Å². The van der Waals surface area contributed by atoms with E-state index < -0.39 is 31.5 Å². The highest BCUT2D eigenvalue weighted by Gasteiger charge is 2.31. The number of rotatable bonds is 11. The molecule has 2 aromatic carbocycles. The van der Waals surface area contributed by atoms with Crippen LogP contribution >= 0.6 is 0 Å². The molecule has 0 bridgehead atoms. The first-order valence-corrected chi connectivity index (χ1v) is 15.2. The Morgan fingerprint density at radius 2 is 1.72 bits per heavy atom. The third-order valence-electron chi connectivity index (χ3n) is 5.67. The minimum absolute atomic E-state index is 0.183. The number of carbonyl (C=O) groups is 2. The number of nitrogens with zero attached hydrogens (tertiary/aromatic N) is 1. The number of amides is 2. The molecule has 36 heavy (non-hydrogen) atoms. The summed E-state index contributed by atoms with van der Waals surface area (Å²) in [6.07, 6.45) is 0.749. The maximum absolute atomic E-state index is 13.5. The van der Waals surface area contributed by atoms with Gasteiger partial charge in [0.15, 0.2) is 0 Å². The Bertz CT molecular complexity index is 1210. The second kappa shape index (κ2) is 11.9. The molecule has 0 aliphatic heterocycles. The Morgan fingerprint density at radius 1 is 1.06 bits per heavy atom. The number of likely N-dealkylation sites (N-methyl/N-ethyl adjacent to an activating group) is 1. The Morgan fingerprint density at radius 3 is 2.28 bits per heavy atom. The number of anilines is 1. The molecule has 0 saturated heterocycles. The first-order chi connectivity index (χ1) is 17.1. The van der Waals surface area contributed by atoms with Crippen LogP contribution in [0.4, 0.5) is 5.69 Å². The molecule has 10 heteroatoms. The molecule has 192 valence electrons. The molecule has 9 nitrogen and oxygen atoms in total. The van der Waals surface area contributed by atoms with E-state index in [2.05, 4.69) is 30.1 Å². The lowest BCUT2D eigenvalue weighted by Gasteiger charge is -2.27. The van der Waals surface area contributed by atoms with Crippen molar-refractivity contribution in [2.24, 2.45) is 0 Å². The molecule has 0 saturated carbocycles. The molecule has 3 rings (SSSR count). The lowest BCUT2D eigenvalue weighted by Crippen LogP contribution is -2.39. The van der Waals surface area contributed by atoms with Crippen LogP contribution in [0.1, 0.15) is 28.6 Å². The molecule has 2 N–H and O–H groups in total. The van der Waals surface area contributed by atoms with Crippen molar-refractivity contribution in [1.29, 1.82) is 0 Å². The maximum Gasteiger partial charge on any atom is 0.293 e. The molecule has 0 radical (unpaired) electrons. The van der Waals surface area contributed by atoms with Gasteiger partial charge in [-0.2, -0.15) is 5.16 Å². The summed E-state index contributed by atoms with van der Waals surface area (Å²) in [5.74, 6) is -0.555. The van der Waals surface area contributed by atoms with E-state index in [4.69, 9.17) is 14.0 Å². The standard InChI is InChI=1S/C26H33N3O6Si/c1-29(26(32)22-17-23(30)28-35-22)24(18-7-11-20(12-8-18)34-16-6-15-33-2)25(31)27-19-9-13-21(14-10-19)36(3,4)5/h7-14,17,24H,6,15-16H2,1-5H3,(H,27,31)(H,28,30). The van der Waals surface area contributed by atoms with Gasteiger partial charge in [0.25, 0.3) is 17.4 Å². The van der Waals surface area contributed by atoms with E-state index in [1.54, 1.807) is 31.4 Å². The number of benzene rings is 2. The molecule has 1 unspecified atom stereocenters. The van der Waals surface area contributed by atoms with Gasteiger partial charge < -0.3 is 24.2 Å². The monoisotopic (exact) mass is 511 g/mol. The van der Waals surface area contributed by atoms with Crippen LogP contribution in [0.15, 0.2) is 63.9 Å². The second-order valence-electron chi connectivity index (χ2n) is 9.48. The predicted octanol–water partition coefficient (Wildman–Crippen LogP) is 3.38. The highest BCUT2D eigenvalue weighted by atomic mass is 28.3. The van der Waals surface area contributed by atoms with Crippen molar-refractivity contribution in [2.45, 2.75) is 32.1 Å². The van der Waals surface area contributed by atoms with Gasteiger partial charge in [-0.25, -0.2) is 0 Å². The van der Waals surface area contributed by atoms with Gasteiger partial charge in [-0.1, -0.05) is 49.1 Å². The third kappa shape index (κ3) is 6.95. The van der Waals surface area contributed by atoms with Crippen molar-refractivity contribution in [3.8, 4) is 5.75 Å². The lowest BCUT2D eigenvalue weighted by molar-refractivity contribution is -0.120. The van der Waals surface area contributed by atoms with Gasteiger partial charge in [0.05, 0.1) is 20.7 Å². The molecular weight excluding hydrogens is 478 g/mol. The van der Waals surface area contributed by atoms with Gasteiger partial charge in [0, 0.05) is 32.9 Å². The fourth-order valence-electron chi connectivity index (χ4n) is 3.63. The predicted molar refractivity (Wildman–Crippen MR) is 141 cm³/mol. The van der Waals surface area contributed by atoms with E-state index in [9.17, 15) is 14.4 Å². The van der Waals surface area contributed by atoms with Gasteiger partial charge in [-0.05, 0) is 29.8 Å². The summed E-state index contributed by atoms with van der Waals surface area (Å²) in [4.78, 5) is 39.2. The molecule has 1 heterocycles. The van der Waals surface area contributed by atoms with Gasteiger partial charge >= 0.3 is 0 Å². The Hall–Kier alpha value is -3.63. The van der Waals surface area contributed by atoms with Crippen LogP contribution in [-0.4, -0.2) is 57.3 Å². The summed E-state index contributed by atoms with van der Waals surface area (Å²) in [5, 5.41) is 6.29. The van der Waals surface area contributed by atoms with E-state index in [1.165, 1.54) is 17.1 Å². The first kappa shape index (κ1) is 27.0. The molecule has 0 fully saturated rings. The fraction of sp³-hybridized carbons (Fsp3) is 0.346. The largest absolute Gasteiger partial charge is 0.494 e. The van der Waals surface area contributed by atoms with Crippen molar-refractivity contribution in [3.63, 3.8) is 0 Å². The molecular formula is C26H33N3O6Si. The number of ether oxygens (including phenoxy) is 2. The van der Waals surface area contributed by atoms with E-state index >= 15 is 0 Å². The summed E-state index contributed by atoms with van der Waals surface area (Å²) in [6.45, 7) is 7.85. The molecule has 0 aliphatic carbocycles. The van der Waals surface area contributed by atoms with Crippen molar-refractivity contribution in [3.05, 3.63) is 76.3 Å². The summed E-state index contributed by atoms with van der Waals surface area (Å²) >= 11 is 0. The number of carbonyl (C=O) groups excluding carboxylic acids is 2. The zero-order valence-corrected chi connectivity index (χ0v) is 22.3.